The zero-order valence-corrected chi connectivity index (χ0v) is 9.17. The third-order valence-electron chi connectivity index (χ3n) is 1.90. The summed E-state index contributed by atoms with van der Waals surface area (Å²) in [6, 6.07) is 0. The molecule has 0 radical (unpaired) electrons. The number of carbonyl (C=O) groups is 1. The Hall–Kier alpha value is -0.610. The number of unbranched alkanes of at least 4 members (excludes halogenated alkanes) is 2. The molecule has 0 rings (SSSR count). The van der Waals surface area contributed by atoms with Gasteiger partial charge in [0, 0.05) is 27.2 Å². The minimum absolute atomic E-state index is 0.116. The van der Waals surface area contributed by atoms with Crippen LogP contribution in [0.3, 0.4) is 0 Å². The number of ether oxygens (including phenoxy) is 2. The van der Waals surface area contributed by atoms with Gasteiger partial charge < -0.3 is 14.8 Å². The quantitative estimate of drug-likeness (QED) is 0.568. The number of carbonyl (C=O) groups excluding carboxylic acids is 1. The lowest BCUT2D eigenvalue weighted by atomic mass is 10.2. The van der Waals surface area contributed by atoms with E-state index in [1.807, 2.05) is 0 Å². The lowest BCUT2D eigenvalue weighted by Gasteiger charge is -2.03. The average molecular weight is 203 g/mol. The molecular weight excluding hydrogens is 182 g/mol. The molecule has 0 heterocycles. The second-order valence-corrected chi connectivity index (χ2v) is 3.09. The fourth-order valence-corrected chi connectivity index (χ4v) is 1.04. The van der Waals surface area contributed by atoms with Crippen LogP contribution in [0.5, 0.6) is 0 Å². The van der Waals surface area contributed by atoms with Crippen molar-refractivity contribution in [1.82, 2.24) is 5.32 Å². The van der Waals surface area contributed by atoms with E-state index in [0.29, 0.717) is 19.6 Å². The van der Waals surface area contributed by atoms with Crippen LogP contribution in [0.15, 0.2) is 0 Å². The first-order valence-electron chi connectivity index (χ1n) is 5.08. The first-order valence-corrected chi connectivity index (χ1v) is 5.08. The Kier molecular flexibility index (Phi) is 10.0. The molecule has 0 bridgehead atoms. The number of amides is 1. The van der Waals surface area contributed by atoms with Crippen molar-refractivity contribution in [3.05, 3.63) is 0 Å². The summed E-state index contributed by atoms with van der Waals surface area (Å²) >= 11 is 0. The summed E-state index contributed by atoms with van der Waals surface area (Å²) in [7, 11) is 3.32. The van der Waals surface area contributed by atoms with Crippen LogP contribution in [0.25, 0.3) is 0 Å². The maximum atomic E-state index is 10.8. The molecule has 0 aromatic heterocycles. The summed E-state index contributed by atoms with van der Waals surface area (Å²) in [5.74, 6) is 0.116. The summed E-state index contributed by atoms with van der Waals surface area (Å²) in [4.78, 5) is 10.8. The third kappa shape index (κ3) is 9.48. The first kappa shape index (κ1) is 13.4. The van der Waals surface area contributed by atoms with Gasteiger partial charge in [-0.05, 0) is 12.8 Å². The molecule has 0 saturated heterocycles. The van der Waals surface area contributed by atoms with Crippen LogP contribution >= 0.6 is 0 Å². The molecule has 0 fully saturated rings. The molecule has 0 atom stereocenters. The molecule has 0 aromatic carbocycles. The van der Waals surface area contributed by atoms with Crippen molar-refractivity contribution in [2.45, 2.75) is 25.7 Å². The Bertz CT molecular complexity index is 139. The van der Waals surface area contributed by atoms with Gasteiger partial charge in [0.15, 0.2) is 0 Å². The van der Waals surface area contributed by atoms with Gasteiger partial charge in [0.25, 0.3) is 0 Å². The SMILES string of the molecule is CNC(=O)CCCCCOCCOC. The molecule has 1 amide bonds. The molecule has 1 N–H and O–H groups in total. The van der Waals surface area contributed by atoms with Gasteiger partial charge >= 0.3 is 0 Å². The fraction of sp³-hybridized carbons (Fsp3) is 0.900. The Balaban J connectivity index is 2.95. The van der Waals surface area contributed by atoms with E-state index < -0.39 is 0 Å². The summed E-state index contributed by atoms with van der Waals surface area (Å²) in [5.41, 5.74) is 0. The lowest BCUT2D eigenvalue weighted by molar-refractivity contribution is -0.120. The number of hydrogen-bond acceptors (Lipinski definition) is 3. The van der Waals surface area contributed by atoms with E-state index in [1.54, 1.807) is 14.2 Å². The smallest absolute Gasteiger partial charge is 0.219 e. The van der Waals surface area contributed by atoms with E-state index in [4.69, 9.17) is 9.47 Å². The van der Waals surface area contributed by atoms with Crippen molar-refractivity contribution in [1.29, 1.82) is 0 Å². The number of rotatable bonds is 9. The Morgan fingerprint density at radius 3 is 2.57 bits per heavy atom. The molecule has 0 spiro atoms. The van der Waals surface area contributed by atoms with Gasteiger partial charge in [-0.15, -0.1) is 0 Å². The predicted molar refractivity (Wildman–Crippen MR) is 55.2 cm³/mol. The topological polar surface area (TPSA) is 47.6 Å². The summed E-state index contributed by atoms with van der Waals surface area (Å²) in [5, 5.41) is 2.60. The summed E-state index contributed by atoms with van der Waals surface area (Å²) in [6.45, 7) is 2.07. The minimum atomic E-state index is 0.116. The van der Waals surface area contributed by atoms with E-state index >= 15 is 0 Å². The van der Waals surface area contributed by atoms with Crippen LogP contribution in [-0.4, -0.2) is 39.9 Å². The zero-order valence-electron chi connectivity index (χ0n) is 9.17. The second kappa shape index (κ2) is 10.5. The van der Waals surface area contributed by atoms with Crippen LogP contribution in [-0.2, 0) is 14.3 Å². The van der Waals surface area contributed by atoms with Crippen molar-refractivity contribution in [2.24, 2.45) is 0 Å². The lowest BCUT2D eigenvalue weighted by Crippen LogP contribution is -2.16. The van der Waals surface area contributed by atoms with Crippen molar-refractivity contribution >= 4 is 5.91 Å². The van der Waals surface area contributed by atoms with E-state index in [2.05, 4.69) is 5.32 Å². The molecule has 84 valence electrons. The molecule has 4 nitrogen and oxygen atoms in total. The van der Waals surface area contributed by atoms with Crippen LogP contribution in [0.4, 0.5) is 0 Å². The van der Waals surface area contributed by atoms with Crippen LogP contribution in [0.1, 0.15) is 25.7 Å². The van der Waals surface area contributed by atoms with Crippen molar-refractivity contribution in [2.75, 3.05) is 34.0 Å². The van der Waals surface area contributed by atoms with Gasteiger partial charge in [0.2, 0.25) is 5.91 Å². The Labute approximate surface area is 86.0 Å². The van der Waals surface area contributed by atoms with Crippen molar-refractivity contribution < 1.29 is 14.3 Å². The molecule has 14 heavy (non-hydrogen) atoms. The van der Waals surface area contributed by atoms with Gasteiger partial charge in [-0.1, -0.05) is 6.42 Å². The second-order valence-electron chi connectivity index (χ2n) is 3.09. The van der Waals surface area contributed by atoms with E-state index in [-0.39, 0.29) is 5.91 Å². The zero-order chi connectivity index (χ0) is 10.6. The maximum absolute atomic E-state index is 10.8. The van der Waals surface area contributed by atoms with Crippen LogP contribution < -0.4 is 5.32 Å². The van der Waals surface area contributed by atoms with Gasteiger partial charge in [-0.2, -0.15) is 0 Å². The van der Waals surface area contributed by atoms with Crippen molar-refractivity contribution in [3.63, 3.8) is 0 Å². The molecule has 0 unspecified atom stereocenters. The summed E-state index contributed by atoms with van der Waals surface area (Å²) < 4.78 is 10.1. The fourth-order valence-electron chi connectivity index (χ4n) is 1.04. The molecular formula is C10H21NO3. The highest BCUT2D eigenvalue weighted by atomic mass is 16.5. The molecule has 0 aliphatic carbocycles. The van der Waals surface area contributed by atoms with Gasteiger partial charge in [-0.25, -0.2) is 0 Å². The monoisotopic (exact) mass is 203 g/mol. The highest BCUT2D eigenvalue weighted by molar-refractivity contribution is 5.75. The highest BCUT2D eigenvalue weighted by Crippen LogP contribution is 1.99. The van der Waals surface area contributed by atoms with E-state index in [1.165, 1.54) is 0 Å². The Morgan fingerprint density at radius 1 is 1.14 bits per heavy atom. The number of methoxy groups -OCH3 is 1. The third-order valence-corrected chi connectivity index (χ3v) is 1.90. The van der Waals surface area contributed by atoms with Crippen LogP contribution in [0, 0.1) is 0 Å². The molecule has 0 saturated carbocycles. The number of nitrogens with one attached hydrogen (secondary N) is 1. The standard InChI is InChI=1S/C10H21NO3/c1-11-10(12)6-4-3-5-7-14-9-8-13-2/h3-9H2,1-2H3,(H,11,12). The molecule has 0 aromatic rings. The van der Waals surface area contributed by atoms with Crippen LogP contribution in [0.2, 0.25) is 0 Å². The van der Waals surface area contributed by atoms with E-state index in [9.17, 15) is 4.79 Å². The Morgan fingerprint density at radius 2 is 1.93 bits per heavy atom. The normalized spacial score (nSPS) is 10.1. The van der Waals surface area contributed by atoms with E-state index in [0.717, 1.165) is 25.9 Å². The predicted octanol–water partition coefficient (Wildman–Crippen LogP) is 0.956. The average Bonchev–Trinajstić information content (AvgIpc) is 2.21. The maximum Gasteiger partial charge on any atom is 0.219 e. The molecule has 4 heteroatoms. The van der Waals surface area contributed by atoms with Gasteiger partial charge in [0.1, 0.15) is 0 Å². The molecule has 0 aliphatic rings. The van der Waals surface area contributed by atoms with Crippen molar-refractivity contribution in [3.8, 4) is 0 Å². The number of hydrogen-bond donors (Lipinski definition) is 1. The first-order chi connectivity index (χ1) is 6.81. The van der Waals surface area contributed by atoms with Gasteiger partial charge in [0.05, 0.1) is 13.2 Å². The van der Waals surface area contributed by atoms with Gasteiger partial charge in [-0.3, -0.25) is 4.79 Å². The highest BCUT2D eigenvalue weighted by Gasteiger charge is 1.96. The minimum Gasteiger partial charge on any atom is -0.382 e. The summed E-state index contributed by atoms with van der Waals surface area (Å²) in [6.07, 6.45) is 3.61. The largest absolute Gasteiger partial charge is 0.382 e. The molecule has 0 aliphatic heterocycles.